The van der Waals surface area contributed by atoms with Gasteiger partial charge in [-0.05, 0) is 30.5 Å². The first-order valence-electron chi connectivity index (χ1n) is 10.3. The largest absolute Gasteiger partial charge is 0.494 e. The van der Waals surface area contributed by atoms with Crippen LogP contribution in [0.3, 0.4) is 0 Å². The predicted molar refractivity (Wildman–Crippen MR) is 116 cm³/mol. The minimum atomic E-state index is -0.685. The fourth-order valence-electron chi connectivity index (χ4n) is 3.36. The maximum atomic E-state index is 14.4. The minimum absolute atomic E-state index is 0.0820. The number of rotatable bonds is 12. The van der Waals surface area contributed by atoms with Gasteiger partial charge >= 0.3 is 0 Å². The van der Waals surface area contributed by atoms with Gasteiger partial charge in [0.15, 0.2) is 0 Å². The molecule has 1 saturated heterocycles. The van der Waals surface area contributed by atoms with Crippen molar-refractivity contribution in [2.45, 2.75) is 87.5 Å². The lowest BCUT2D eigenvalue weighted by molar-refractivity contribution is 0.269. The van der Waals surface area contributed by atoms with E-state index in [2.05, 4.69) is 45.0 Å². The zero-order chi connectivity index (χ0) is 18.8. The van der Waals surface area contributed by atoms with Crippen molar-refractivity contribution in [1.82, 2.24) is 0 Å². The van der Waals surface area contributed by atoms with Gasteiger partial charge in [-0.3, -0.25) is 0 Å². The van der Waals surface area contributed by atoms with Gasteiger partial charge in [0.25, 0.3) is 0 Å². The highest BCUT2D eigenvalue weighted by molar-refractivity contribution is 8.17. The summed E-state index contributed by atoms with van der Waals surface area (Å²) in [6, 6.07) is 8.35. The van der Waals surface area contributed by atoms with Crippen LogP contribution < -0.4 is 4.74 Å². The van der Waals surface area contributed by atoms with Crippen LogP contribution in [0.15, 0.2) is 24.3 Å². The van der Waals surface area contributed by atoms with Crippen molar-refractivity contribution >= 4 is 23.5 Å². The Kier molecular flexibility index (Phi) is 10.3. The van der Waals surface area contributed by atoms with Gasteiger partial charge in [0.2, 0.25) is 0 Å². The first kappa shape index (κ1) is 21.9. The van der Waals surface area contributed by atoms with Gasteiger partial charge in [-0.2, -0.15) is 0 Å². The molecule has 0 bridgehead atoms. The lowest BCUT2D eigenvalue weighted by Gasteiger charge is -2.13. The van der Waals surface area contributed by atoms with Gasteiger partial charge in [0.05, 0.1) is 11.2 Å². The van der Waals surface area contributed by atoms with Crippen molar-refractivity contribution < 1.29 is 9.13 Å². The second-order valence-corrected chi connectivity index (χ2v) is 10.1. The molecule has 1 aromatic rings. The second-order valence-electron chi connectivity index (χ2n) is 7.33. The standard InChI is InChI=1S/C22H35FOS2/c1-4-6-7-8-9-10-15-24-19-13-11-18(12-14-19)16-25-22-21(23)17(3)20(5-2)26-22/h11-14,17,20-22H,4-10,15-16H2,1-3H3/t17-,20-,21+,22+/m1/s1. The quantitative estimate of drug-likeness (QED) is 0.338. The maximum absolute atomic E-state index is 14.4. The highest BCUT2D eigenvalue weighted by Crippen LogP contribution is 2.47. The van der Waals surface area contributed by atoms with E-state index >= 15 is 0 Å². The average molecular weight is 399 g/mol. The molecule has 1 aromatic carbocycles. The van der Waals surface area contributed by atoms with Crippen molar-refractivity contribution in [2.24, 2.45) is 5.92 Å². The molecule has 2 rings (SSSR count). The summed E-state index contributed by atoms with van der Waals surface area (Å²) in [6.07, 6.45) is 8.08. The highest BCUT2D eigenvalue weighted by atomic mass is 32.2. The normalized spacial score (nSPS) is 25.5. The van der Waals surface area contributed by atoms with Crippen molar-refractivity contribution in [3.05, 3.63) is 29.8 Å². The molecule has 26 heavy (non-hydrogen) atoms. The molecule has 0 amide bonds. The number of halogens is 1. The molecule has 1 heterocycles. The summed E-state index contributed by atoms with van der Waals surface area (Å²) in [5, 5.41) is 0.472. The van der Waals surface area contributed by atoms with Crippen LogP contribution in [0, 0.1) is 5.92 Å². The maximum Gasteiger partial charge on any atom is 0.125 e. The molecule has 1 fully saturated rings. The molecule has 1 aliphatic rings. The Morgan fingerprint density at radius 1 is 1.04 bits per heavy atom. The summed E-state index contributed by atoms with van der Waals surface area (Å²) in [6.45, 7) is 7.27. The smallest absolute Gasteiger partial charge is 0.125 e. The van der Waals surface area contributed by atoms with E-state index in [1.165, 1.54) is 37.7 Å². The minimum Gasteiger partial charge on any atom is -0.494 e. The number of unbranched alkanes of at least 4 members (excludes halogenated alkanes) is 5. The summed E-state index contributed by atoms with van der Waals surface area (Å²) in [5.41, 5.74) is 1.25. The molecule has 1 nitrogen and oxygen atoms in total. The van der Waals surface area contributed by atoms with Crippen LogP contribution in [-0.4, -0.2) is 22.6 Å². The van der Waals surface area contributed by atoms with Crippen LogP contribution in [0.1, 0.15) is 71.3 Å². The van der Waals surface area contributed by atoms with Crippen molar-refractivity contribution in [3.8, 4) is 5.75 Å². The number of ether oxygens (including phenoxy) is 1. The fourth-order valence-corrected chi connectivity index (χ4v) is 6.62. The molecule has 0 aromatic heterocycles. The Balaban J connectivity index is 1.64. The molecule has 4 atom stereocenters. The van der Waals surface area contributed by atoms with Crippen molar-refractivity contribution in [1.29, 1.82) is 0 Å². The van der Waals surface area contributed by atoms with Crippen molar-refractivity contribution in [2.75, 3.05) is 6.61 Å². The molecule has 148 valence electrons. The van der Waals surface area contributed by atoms with Gasteiger partial charge in [0, 0.05) is 16.9 Å². The first-order valence-corrected chi connectivity index (χ1v) is 12.3. The topological polar surface area (TPSA) is 9.23 Å². The third-order valence-electron chi connectivity index (χ3n) is 5.16. The van der Waals surface area contributed by atoms with Crippen LogP contribution >= 0.6 is 23.5 Å². The Morgan fingerprint density at radius 3 is 2.38 bits per heavy atom. The Hall–Kier alpha value is -0.350. The summed E-state index contributed by atoms with van der Waals surface area (Å²) in [7, 11) is 0. The summed E-state index contributed by atoms with van der Waals surface area (Å²) in [5.74, 6) is 2.00. The summed E-state index contributed by atoms with van der Waals surface area (Å²) in [4.78, 5) is 0. The van der Waals surface area contributed by atoms with E-state index in [1.54, 1.807) is 11.8 Å². The number of thioether (sulfide) groups is 2. The molecular weight excluding hydrogens is 363 g/mol. The van der Waals surface area contributed by atoms with E-state index in [4.69, 9.17) is 4.74 Å². The van der Waals surface area contributed by atoms with E-state index in [-0.39, 0.29) is 10.5 Å². The van der Waals surface area contributed by atoms with Crippen LogP contribution in [0.25, 0.3) is 0 Å². The lowest BCUT2D eigenvalue weighted by atomic mass is 10.0. The lowest BCUT2D eigenvalue weighted by Crippen LogP contribution is -2.18. The number of hydrogen-bond donors (Lipinski definition) is 0. The van der Waals surface area contributed by atoms with Crippen LogP contribution in [-0.2, 0) is 5.75 Å². The zero-order valence-corrected chi connectivity index (χ0v) is 18.2. The second kappa shape index (κ2) is 12.2. The molecule has 0 saturated carbocycles. The molecular formula is C22H35FOS2. The highest BCUT2D eigenvalue weighted by Gasteiger charge is 2.40. The molecule has 0 spiro atoms. The van der Waals surface area contributed by atoms with E-state index in [0.29, 0.717) is 5.25 Å². The molecule has 1 aliphatic heterocycles. The van der Waals surface area contributed by atoms with E-state index in [0.717, 1.165) is 31.0 Å². The van der Waals surface area contributed by atoms with Gasteiger partial charge in [0.1, 0.15) is 11.9 Å². The third-order valence-corrected chi connectivity index (χ3v) is 8.63. The molecule has 0 aliphatic carbocycles. The average Bonchev–Trinajstić information content (AvgIpc) is 2.94. The number of alkyl halides is 1. The first-order chi connectivity index (χ1) is 12.7. The number of benzene rings is 1. The Morgan fingerprint density at radius 2 is 1.73 bits per heavy atom. The third kappa shape index (κ3) is 6.99. The van der Waals surface area contributed by atoms with E-state index < -0.39 is 6.17 Å². The van der Waals surface area contributed by atoms with Crippen LogP contribution in [0.5, 0.6) is 5.75 Å². The molecule has 0 radical (unpaired) electrons. The summed E-state index contributed by atoms with van der Waals surface area (Å²) >= 11 is 3.58. The number of hydrogen-bond acceptors (Lipinski definition) is 3. The Bertz CT molecular complexity index is 493. The molecule has 0 unspecified atom stereocenters. The van der Waals surface area contributed by atoms with Gasteiger partial charge < -0.3 is 4.74 Å². The van der Waals surface area contributed by atoms with E-state index in [1.807, 2.05) is 11.8 Å². The van der Waals surface area contributed by atoms with E-state index in [9.17, 15) is 4.39 Å². The predicted octanol–water partition coefficient (Wildman–Crippen LogP) is 7.48. The molecule has 4 heteroatoms. The van der Waals surface area contributed by atoms with Gasteiger partial charge in [-0.15, -0.1) is 23.5 Å². The van der Waals surface area contributed by atoms with Crippen molar-refractivity contribution in [3.63, 3.8) is 0 Å². The van der Waals surface area contributed by atoms with Gasteiger partial charge in [-0.1, -0.05) is 65.0 Å². The zero-order valence-electron chi connectivity index (χ0n) is 16.6. The fraction of sp³-hybridized carbons (Fsp3) is 0.727. The monoisotopic (exact) mass is 398 g/mol. The van der Waals surface area contributed by atoms with Crippen LogP contribution in [0.2, 0.25) is 0 Å². The van der Waals surface area contributed by atoms with Crippen LogP contribution in [0.4, 0.5) is 4.39 Å². The SMILES string of the molecule is CCCCCCCCOc1ccc(CS[C@H]2S[C@H](CC)[C@@H](C)[C@@H]2F)cc1. The van der Waals surface area contributed by atoms with Gasteiger partial charge in [-0.25, -0.2) is 4.39 Å². The molecule has 0 N–H and O–H groups in total. The summed E-state index contributed by atoms with van der Waals surface area (Å²) < 4.78 is 20.3. The Labute approximate surface area is 168 Å².